The second-order valence-corrected chi connectivity index (χ2v) is 3.67. The fourth-order valence-electron chi connectivity index (χ4n) is 1.60. The number of rotatable bonds is 5. The summed E-state index contributed by atoms with van der Waals surface area (Å²) in [4.78, 5) is 0. The summed E-state index contributed by atoms with van der Waals surface area (Å²) < 4.78 is 10.6. The average molecular weight is 217 g/mol. The van der Waals surface area contributed by atoms with Crippen LogP contribution in [-0.2, 0) is 6.54 Å². The van der Waals surface area contributed by atoms with Crippen LogP contribution in [0.1, 0.15) is 18.4 Å². The molecule has 0 amide bonds. The third kappa shape index (κ3) is 2.68. The van der Waals surface area contributed by atoms with Gasteiger partial charge in [0.1, 0.15) is 0 Å². The summed E-state index contributed by atoms with van der Waals surface area (Å²) in [6.07, 6.45) is 7.02. The molecule has 3 heteroatoms. The number of hydrogen-bond acceptors (Lipinski definition) is 3. The van der Waals surface area contributed by atoms with Crippen LogP contribution >= 0.6 is 0 Å². The van der Waals surface area contributed by atoms with Gasteiger partial charge in [-0.3, -0.25) is 0 Å². The Morgan fingerprint density at radius 1 is 1.31 bits per heavy atom. The Morgan fingerprint density at radius 2 is 2.19 bits per heavy atom. The van der Waals surface area contributed by atoms with Gasteiger partial charge >= 0.3 is 0 Å². The van der Waals surface area contributed by atoms with Crippen LogP contribution in [0.2, 0.25) is 0 Å². The van der Waals surface area contributed by atoms with Gasteiger partial charge in [0.25, 0.3) is 0 Å². The van der Waals surface area contributed by atoms with Gasteiger partial charge in [-0.1, -0.05) is 6.07 Å². The van der Waals surface area contributed by atoms with Crippen molar-refractivity contribution in [2.24, 2.45) is 0 Å². The monoisotopic (exact) mass is 217 g/mol. The molecule has 0 aromatic heterocycles. The molecule has 1 N–H and O–H groups in total. The largest absolute Gasteiger partial charge is 0.454 e. The second kappa shape index (κ2) is 5.43. The van der Waals surface area contributed by atoms with Crippen molar-refractivity contribution in [3.63, 3.8) is 0 Å². The Morgan fingerprint density at radius 3 is 3.06 bits per heavy atom. The van der Waals surface area contributed by atoms with Crippen LogP contribution in [0, 0.1) is 12.3 Å². The summed E-state index contributed by atoms with van der Waals surface area (Å²) in [5, 5.41) is 3.34. The molecule has 0 atom stereocenters. The lowest BCUT2D eigenvalue weighted by atomic mass is 10.2. The molecular formula is C13H15NO2. The number of ether oxygens (including phenoxy) is 2. The van der Waals surface area contributed by atoms with Gasteiger partial charge in [0.2, 0.25) is 6.79 Å². The van der Waals surface area contributed by atoms with Gasteiger partial charge in [0.05, 0.1) is 0 Å². The molecule has 1 aliphatic heterocycles. The molecule has 2 rings (SSSR count). The predicted molar refractivity (Wildman–Crippen MR) is 62.3 cm³/mol. The molecular weight excluding hydrogens is 202 g/mol. The van der Waals surface area contributed by atoms with E-state index in [1.807, 2.05) is 18.2 Å². The van der Waals surface area contributed by atoms with Gasteiger partial charge in [-0.2, -0.15) is 0 Å². The molecule has 1 heterocycles. The van der Waals surface area contributed by atoms with Gasteiger partial charge < -0.3 is 14.8 Å². The van der Waals surface area contributed by atoms with E-state index in [4.69, 9.17) is 15.9 Å². The van der Waals surface area contributed by atoms with E-state index in [0.717, 1.165) is 37.4 Å². The first kappa shape index (κ1) is 10.8. The molecule has 0 saturated carbocycles. The minimum atomic E-state index is 0.328. The topological polar surface area (TPSA) is 30.5 Å². The van der Waals surface area contributed by atoms with Crippen LogP contribution in [-0.4, -0.2) is 13.3 Å². The highest BCUT2D eigenvalue weighted by Gasteiger charge is 2.12. The zero-order valence-electron chi connectivity index (χ0n) is 9.16. The van der Waals surface area contributed by atoms with Gasteiger partial charge in [0, 0.05) is 13.0 Å². The van der Waals surface area contributed by atoms with Crippen molar-refractivity contribution in [1.29, 1.82) is 0 Å². The lowest BCUT2D eigenvalue weighted by Gasteiger charge is -2.04. The predicted octanol–water partition coefficient (Wildman–Crippen LogP) is 1.92. The van der Waals surface area contributed by atoms with Gasteiger partial charge in [-0.05, 0) is 30.7 Å². The highest BCUT2D eigenvalue weighted by Crippen LogP contribution is 2.32. The standard InChI is InChI=1S/C13H15NO2/c1-2-3-4-7-14-9-11-5-6-12-13(8-11)16-10-15-12/h1,5-6,8,14H,3-4,7,9-10H2. The zero-order chi connectivity index (χ0) is 11.2. The van der Waals surface area contributed by atoms with Crippen molar-refractivity contribution < 1.29 is 9.47 Å². The summed E-state index contributed by atoms with van der Waals surface area (Å²) in [6, 6.07) is 6.00. The van der Waals surface area contributed by atoms with Crippen molar-refractivity contribution >= 4 is 0 Å². The maximum Gasteiger partial charge on any atom is 0.231 e. The number of unbranched alkanes of at least 4 members (excludes halogenated alkanes) is 1. The average Bonchev–Trinajstić information content (AvgIpc) is 2.76. The van der Waals surface area contributed by atoms with E-state index in [2.05, 4.69) is 11.2 Å². The van der Waals surface area contributed by atoms with Crippen molar-refractivity contribution in [3.8, 4) is 23.8 Å². The number of hydrogen-bond donors (Lipinski definition) is 1. The molecule has 0 aliphatic carbocycles. The van der Waals surface area contributed by atoms with Crippen LogP contribution in [0.3, 0.4) is 0 Å². The van der Waals surface area contributed by atoms with E-state index in [1.165, 1.54) is 5.56 Å². The van der Waals surface area contributed by atoms with Crippen LogP contribution in [0.15, 0.2) is 18.2 Å². The van der Waals surface area contributed by atoms with Crippen LogP contribution < -0.4 is 14.8 Å². The van der Waals surface area contributed by atoms with Crippen molar-refractivity contribution in [2.45, 2.75) is 19.4 Å². The maximum atomic E-state index is 5.31. The van der Waals surface area contributed by atoms with E-state index in [1.54, 1.807) is 0 Å². The maximum absolute atomic E-state index is 5.31. The SMILES string of the molecule is C#CCCCNCc1ccc2c(c1)OCO2. The highest BCUT2D eigenvalue weighted by atomic mass is 16.7. The number of benzene rings is 1. The Bertz CT molecular complexity index is 395. The Hall–Kier alpha value is -1.66. The molecule has 84 valence electrons. The Balaban J connectivity index is 1.80. The van der Waals surface area contributed by atoms with E-state index >= 15 is 0 Å². The molecule has 1 aromatic rings. The summed E-state index contributed by atoms with van der Waals surface area (Å²) in [7, 11) is 0. The first-order valence-corrected chi connectivity index (χ1v) is 5.43. The van der Waals surface area contributed by atoms with Crippen molar-refractivity contribution in [2.75, 3.05) is 13.3 Å². The van der Waals surface area contributed by atoms with E-state index < -0.39 is 0 Å². The summed E-state index contributed by atoms with van der Waals surface area (Å²) >= 11 is 0. The summed E-state index contributed by atoms with van der Waals surface area (Å²) in [5.41, 5.74) is 1.20. The molecule has 1 aliphatic rings. The molecule has 0 saturated heterocycles. The van der Waals surface area contributed by atoms with Gasteiger partial charge in [-0.15, -0.1) is 12.3 Å². The Labute approximate surface area is 95.8 Å². The van der Waals surface area contributed by atoms with Gasteiger partial charge in [0.15, 0.2) is 11.5 Å². The smallest absolute Gasteiger partial charge is 0.231 e. The molecule has 16 heavy (non-hydrogen) atoms. The number of nitrogens with one attached hydrogen (secondary N) is 1. The molecule has 3 nitrogen and oxygen atoms in total. The molecule has 0 unspecified atom stereocenters. The molecule has 0 spiro atoms. The molecule has 1 aromatic carbocycles. The minimum Gasteiger partial charge on any atom is -0.454 e. The zero-order valence-corrected chi connectivity index (χ0v) is 9.16. The molecule has 0 radical (unpaired) electrons. The van der Waals surface area contributed by atoms with Crippen LogP contribution in [0.4, 0.5) is 0 Å². The Kier molecular flexibility index (Phi) is 3.68. The first-order chi connectivity index (χ1) is 7.90. The number of terminal acetylenes is 1. The first-order valence-electron chi connectivity index (χ1n) is 5.43. The van der Waals surface area contributed by atoms with Crippen LogP contribution in [0.5, 0.6) is 11.5 Å². The third-order valence-electron chi connectivity index (χ3n) is 2.44. The minimum absolute atomic E-state index is 0.328. The quantitative estimate of drug-likeness (QED) is 0.603. The number of fused-ring (bicyclic) bond motifs is 1. The van der Waals surface area contributed by atoms with Gasteiger partial charge in [-0.25, -0.2) is 0 Å². The fourth-order valence-corrected chi connectivity index (χ4v) is 1.60. The normalized spacial score (nSPS) is 12.4. The van der Waals surface area contributed by atoms with E-state index in [0.29, 0.717) is 6.79 Å². The van der Waals surface area contributed by atoms with E-state index in [-0.39, 0.29) is 0 Å². The van der Waals surface area contributed by atoms with E-state index in [9.17, 15) is 0 Å². The van der Waals surface area contributed by atoms with Crippen LogP contribution in [0.25, 0.3) is 0 Å². The van der Waals surface area contributed by atoms with Crippen molar-refractivity contribution in [1.82, 2.24) is 5.32 Å². The third-order valence-corrected chi connectivity index (χ3v) is 2.44. The summed E-state index contributed by atoms with van der Waals surface area (Å²) in [5.74, 6) is 4.29. The lowest BCUT2D eigenvalue weighted by Crippen LogP contribution is -2.14. The lowest BCUT2D eigenvalue weighted by molar-refractivity contribution is 0.174. The highest BCUT2D eigenvalue weighted by molar-refractivity contribution is 5.44. The molecule has 0 bridgehead atoms. The van der Waals surface area contributed by atoms with Crippen molar-refractivity contribution in [3.05, 3.63) is 23.8 Å². The fraction of sp³-hybridized carbons (Fsp3) is 0.385. The summed E-state index contributed by atoms with van der Waals surface area (Å²) in [6.45, 7) is 2.11. The molecule has 0 fully saturated rings. The second-order valence-electron chi connectivity index (χ2n) is 3.67.